The van der Waals surface area contributed by atoms with Crippen LogP contribution in [0.3, 0.4) is 0 Å². The fraction of sp³-hybridized carbons (Fsp3) is 0.667. The molecule has 1 atom stereocenters. The van der Waals surface area contributed by atoms with E-state index in [1.807, 2.05) is 0 Å². The number of piperidine rings is 1. The molecule has 4 heteroatoms. The fourth-order valence-corrected chi connectivity index (χ4v) is 6.36. The molecule has 170 valence electrons. The smallest absolute Gasteiger partial charge is 0.185 e. The number of aromatic nitrogens is 1. The van der Waals surface area contributed by atoms with Gasteiger partial charge in [0.05, 0.1) is 5.69 Å². The molecule has 1 aromatic heterocycles. The van der Waals surface area contributed by atoms with Crippen LogP contribution in [0.1, 0.15) is 90.2 Å². The molecule has 1 unspecified atom stereocenters. The lowest BCUT2D eigenvalue weighted by Gasteiger charge is -2.42. The highest BCUT2D eigenvalue weighted by Crippen LogP contribution is 2.47. The lowest BCUT2D eigenvalue weighted by atomic mass is 9.63. The average molecular weight is 441 g/mol. The molecule has 0 amide bonds. The number of aliphatic hydroxyl groups excluding tert-OH is 1. The van der Waals surface area contributed by atoms with Crippen LogP contribution in [0.2, 0.25) is 0 Å². The summed E-state index contributed by atoms with van der Waals surface area (Å²) in [5.41, 5.74) is 5.92. The molecule has 1 saturated heterocycles. The molecule has 31 heavy (non-hydrogen) atoms. The Kier molecular flexibility index (Phi) is 6.79. The van der Waals surface area contributed by atoms with E-state index in [-0.39, 0.29) is 10.8 Å². The molecular formula is C27H40N2OS. The zero-order valence-corrected chi connectivity index (χ0v) is 20.7. The molecule has 4 rings (SSSR count). The summed E-state index contributed by atoms with van der Waals surface area (Å²) in [5.74, 6) is 0.770. The summed E-state index contributed by atoms with van der Waals surface area (Å²) < 4.78 is 0. The summed E-state index contributed by atoms with van der Waals surface area (Å²) in [6.07, 6.45) is 9.72. The molecule has 0 bridgehead atoms. The van der Waals surface area contributed by atoms with Gasteiger partial charge in [0.25, 0.3) is 0 Å². The van der Waals surface area contributed by atoms with Crippen molar-refractivity contribution in [2.45, 2.75) is 89.9 Å². The van der Waals surface area contributed by atoms with E-state index in [4.69, 9.17) is 10.1 Å². The van der Waals surface area contributed by atoms with Crippen LogP contribution in [0.4, 0.5) is 5.13 Å². The largest absolute Gasteiger partial charge is 0.396 e. The highest BCUT2D eigenvalue weighted by Gasteiger charge is 2.37. The van der Waals surface area contributed by atoms with E-state index in [1.54, 1.807) is 11.3 Å². The third-order valence-electron chi connectivity index (χ3n) is 7.70. The number of nitrogens with zero attached hydrogens (tertiary/aromatic N) is 2. The van der Waals surface area contributed by atoms with Gasteiger partial charge in [-0.3, -0.25) is 0 Å². The van der Waals surface area contributed by atoms with Gasteiger partial charge in [-0.25, -0.2) is 4.98 Å². The first-order chi connectivity index (χ1) is 14.8. The summed E-state index contributed by atoms with van der Waals surface area (Å²) in [7, 11) is 0. The summed E-state index contributed by atoms with van der Waals surface area (Å²) in [4.78, 5) is 7.61. The average Bonchev–Trinajstić information content (AvgIpc) is 3.25. The number of thiazole rings is 1. The second-order valence-corrected chi connectivity index (χ2v) is 11.9. The van der Waals surface area contributed by atoms with Crippen molar-refractivity contribution in [3.8, 4) is 11.3 Å². The van der Waals surface area contributed by atoms with Gasteiger partial charge >= 0.3 is 0 Å². The maximum atomic E-state index is 8.99. The number of hydrogen-bond acceptors (Lipinski definition) is 4. The Morgan fingerprint density at radius 3 is 2.61 bits per heavy atom. The molecule has 1 aliphatic heterocycles. The van der Waals surface area contributed by atoms with Gasteiger partial charge in [-0.2, -0.15) is 0 Å². The van der Waals surface area contributed by atoms with Crippen molar-refractivity contribution in [1.29, 1.82) is 0 Å². The Bertz CT molecular complexity index is 885. The summed E-state index contributed by atoms with van der Waals surface area (Å²) in [5, 5.41) is 12.4. The Hall–Kier alpha value is -1.39. The predicted molar refractivity (Wildman–Crippen MR) is 133 cm³/mol. The third-order valence-corrected chi connectivity index (χ3v) is 8.60. The van der Waals surface area contributed by atoms with Crippen LogP contribution < -0.4 is 4.90 Å². The zero-order valence-electron chi connectivity index (χ0n) is 19.9. The molecule has 1 aromatic carbocycles. The number of anilines is 1. The van der Waals surface area contributed by atoms with Crippen molar-refractivity contribution in [1.82, 2.24) is 4.98 Å². The number of unbranched alkanes of at least 4 members (excludes halogenated alkanes) is 2. The number of fused-ring (bicyclic) bond motifs is 1. The molecule has 0 spiro atoms. The SMILES string of the molecule is CC1(C)CCC(C)(C)c2cc(-c3csc(N4CCCC(CCCCCO)C4)n3)ccc21. The van der Waals surface area contributed by atoms with Gasteiger partial charge < -0.3 is 10.0 Å². The van der Waals surface area contributed by atoms with Gasteiger partial charge in [0.2, 0.25) is 0 Å². The van der Waals surface area contributed by atoms with Gasteiger partial charge in [-0.05, 0) is 72.5 Å². The monoisotopic (exact) mass is 440 g/mol. The Balaban J connectivity index is 1.49. The first-order valence-corrected chi connectivity index (χ1v) is 13.1. The van der Waals surface area contributed by atoms with Gasteiger partial charge in [0.1, 0.15) is 0 Å². The van der Waals surface area contributed by atoms with Crippen LogP contribution in [0.25, 0.3) is 11.3 Å². The minimum Gasteiger partial charge on any atom is -0.396 e. The quantitative estimate of drug-likeness (QED) is 0.474. The molecule has 0 saturated carbocycles. The highest BCUT2D eigenvalue weighted by atomic mass is 32.1. The molecule has 0 radical (unpaired) electrons. The normalized spacial score (nSPS) is 22.4. The van der Waals surface area contributed by atoms with E-state index in [0.29, 0.717) is 6.61 Å². The molecule has 2 aromatic rings. The van der Waals surface area contributed by atoms with Gasteiger partial charge in [-0.1, -0.05) is 52.7 Å². The number of hydrogen-bond donors (Lipinski definition) is 1. The minimum atomic E-state index is 0.232. The van der Waals surface area contributed by atoms with E-state index in [1.165, 1.54) is 60.3 Å². The zero-order chi connectivity index (χ0) is 22.1. The predicted octanol–water partition coefficient (Wildman–Crippen LogP) is 6.93. The summed E-state index contributed by atoms with van der Waals surface area (Å²) in [6.45, 7) is 12.2. The van der Waals surface area contributed by atoms with Crippen LogP contribution in [0, 0.1) is 5.92 Å². The van der Waals surface area contributed by atoms with Crippen LogP contribution in [0.5, 0.6) is 0 Å². The lowest BCUT2D eigenvalue weighted by molar-refractivity contribution is 0.278. The fourth-order valence-electron chi connectivity index (χ4n) is 5.49. The Morgan fingerprint density at radius 1 is 1.06 bits per heavy atom. The second-order valence-electron chi connectivity index (χ2n) is 11.1. The van der Waals surface area contributed by atoms with Crippen molar-refractivity contribution >= 4 is 16.5 Å². The second kappa shape index (κ2) is 9.23. The first-order valence-electron chi connectivity index (χ1n) is 12.3. The van der Waals surface area contributed by atoms with Crippen molar-refractivity contribution in [3.63, 3.8) is 0 Å². The first kappa shape index (κ1) is 22.8. The maximum Gasteiger partial charge on any atom is 0.185 e. The van der Waals surface area contributed by atoms with Crippen molar-refractivity contribution in [2.24, 2.45) is 5.92 Å². The van der Waals surface area contributed by atoms with Crippen molar-refractivity contribution < 1.29 is 5.11 Å². The molecule has 2 aliphatic rings. The van der Waals surface area contributed by atoms with Gasteiger partial charge in [0.15, 0.2) is 5.13 Å². The summed E-state index contributed by atoms with van der Waals surface area (Å²) in [6, 6.07) is 7.09. The molecule has 3 nitrogen and oxygen atoms in total. The number of benzene rings is 1. The van der Waals surface area contributed by atoms with Crippen LogP contribution >= 0.6 is 11.3 Å². The molecule has 1 aliphatic carbocycles. The topological polar surface area (TPSA) is 36.4 Å². The molecule has 1 fully saturated rings. The van der Waals surface area contributed by atoms with E-state index in [2.05, 4.69) is 56.2 Å². The van der Waals surface area contributed by atoms with Gasteiger partial charge in [-0.15, -0.1) is 11.3 Å². The lowest BCUT2D eigenvalue weighted by Crippen LogP contribution is -2.35. The number of rotatable bonds is 7. The van der Waals surface area contributed by atoms with E-state index >= 15 is 0 Å². The van der Waals surface area contributed by atoms with Gasteiger partial charge in [0, 0.05) is 30.6 Å². The summed E-state index contributed by atoms with van der Waals surface area (Å²) >= 11 is 1.80. The Labute approximate surface area is 192 Å². The molecular weight excluding hydrogens is 400 g/mol. The molecule has 1 N–H and O–H groups in total. The van der Waals surface area contributed by atoms with Crippen LogP contribution in [-0.4, -0.2) is 29.8 Å². The van der Waals surface area contributed by atoms with E-state index in [0.717, 1.165) is 37.5 Å². The van der Waals surface area contributed by atoms with E-state index < -0.39 is 0 Å². The maximum absolute atomic E-state index is 8.99. The van der Waals surface area contributed by atoms with Crippen LogP contribution in [-0.2, 0) is 10.8 Å². The van der Waals surface area contributed by atoms with Crippen LogP contribution in [0.15, 0.2) is 23.6 Å². The van der Waals surface area contributed by atoms with Crippen molar-refractivity contribution in [2.75, 3.05) is 24.6 Å². The third kappa shape index (κ3) is 5.01. The highest BCUT2D eigenvalue weighted by molar-refractivity contribution is 7.14. The minimum absolute atomic E-state index is 0.232. The number of aliphatic hydroxyl groups is 1. The van der Waals surface area contributed by atoms with Crippen molar-refractivity contribution in [3.05, 3.63) is 34.7 Å². The molecule has 2 heterocycles. The standard InChI is InChI=1S/C27H40N2OS/c1-26(2)13-14-27(3,4)23-17-21(11-12-22(23)26)24-19-31-25(28-24)29-15-8-10-20(18-29)9-6-5-7-16-30/h11-12,17,19-20,30H,5-10,13-16,18H2,1-4H3. The Morgan fingerprint density at radius 2 is 1.84 bits per heavy atom. The van der Waals surface area contributed by atoms with E-state index in [9.17, 15) is 0 Å².